The lowest BCUT2D eigenvalue weighted by molar-refractivity contribution is -0.136. The van der Waals surface area contributed by atoms with Crippen LogP contribution in [0.25, 0.3) is 11.0 Å². The van der Waals surface area contributed by atoms with Crippen LogP contribution in [0.4, 0.5) is 8.78 Å². The molecule has 2 aromatic carbocycles. The van der Waals surface area contributed by atoms with Crippen LogP contribution in [0, 0.1) is 23.0 Å². The van der Waals surface area contributed by atoms with E-state index in [2.05, 4.69) is 15.4 Å². The van der Waals surface area contributed by atoms with Crippen LogP contribution in [0.1, 0.15) is 61.1 Å². The highest BCUT2D eigenvalue weighted by molar-refractivity contribution is 6.30. The second-order valence-electron chi connectivity index (χ2n) is 12.2. The number of aromatic nitrogens is 3. The van der Waals surface area contributed by atoms with E-state index in [9.17, 15) is 23.2 Å². The largest absolute Gasteiger partial charge is 0.448 e. The Labute approximate surface area is 263 Å². The molecule has 12 heteroatoms. The molecule has 236 valence electrons. The van der Waals surface area contributed by atoms with Gasteiger partial charge >= 0.3 is 0 Å². The van der Waals surface area contributed by atoms with Crippen molar-refractivity contribution >= 4 is 34.4 Å². The maximum absolute atomic E-state index is 14.5. The van der Waals surface area contributed by atoms with Gasteiger partial charge in [0.05, 0.1) is 5.39 Å². The molecule has 4 aromatic rings. The number of likely N-dealkylation sites (tertiary alicyclic amines) is 1. The molecule has 1 N–H and O–H groups in total. The van der Waals surface area contributed by atoms with Crippen LogP contribution in [0.5, 0.6) is 0 Å². The van der Waals surface area contributed by atoms with Crippen LogP contribution >= 0.6 is 11.6 Å². The Bertz CT molecular complexity index is 1730. The molecule has 0 bridgehead atoms. The van der Waals surface area contributed by atoms with Gasteiger partial charge in [0.25, 0.3) is 5.91 Å². The molecule has 1 aliphatic carbocycles. The lowest BCUT2D eigenvalue weighted by atomic mass is 9.63. The molecule has 0 spiro atoms. The molecular weight excluding hydrogens is 604 g/mol. The third-order valence-electron chi connectivity index (χ3n) is 9.41. The van der Waals surface area contributed by atoms with Crippen molar-refractivity contribution in [1.82, 2.24) is 25.0 Å². The van der Waals surface area contributed by atoms with Crippen molar-refractivity contribution in [3.05, 3.63) is 93.3 Å². The molecule has 2 aromatic heterocycles. The van der Waals surface area contributed by atoms with Gasteiger partial charge in [-0.15, -0.1) is 0 Å². The van der Waals surface area contributed by atoms with Crippen molar-refractivity contribution in [2.45, 2.75) is 64.0 Å². The summed E-state index contributed by atoms with van der Waals surface area (Å²) in [4.78, 5) is 46.0. The lowest BCUT2D eigenvalue weighted by Gasteiger charge is -2.48. The summed E-state index contributed by atoms with van der Waals surface area (Å²) in [7, 11) is 0. The Hall–Kier alpha value is -4.12. The van der Waals surface area contributed by atoms with Crippen molar-refractivity contribution in [1.29, 1.82) is 0 Å². The Morgan fingerprint density at radius 3 is 2.49 bits per heavy atom. The number of halogens is 3. The third kappa shape index (κ3) is 6.78. The third-order valence-corrected chi connectivity index (χ3v) is 9.67. The molecule has 1 aliphatic heterocycles. The molecule has 0 radical (unpaired) electrons. The summed E-state index contributed by atoms with van der Waals surface area (Å²) >= 11 is 6.07. The molecule has 45 heavy (non-hydrogen) atoms. The van der Waals surface area contributed by atoms with E-state index in [-0.39, 0.29) is 23.1 Å². The Kier molecular flexibility index (Phi) is 8.98. The molecule has 2 amide bonds. The summed E-state index contributed by atoms with van der Waals surface area (Å²) in [6.45, 7) is 1.77. The van der Waals surface area contributed by atoms with E-state index in [1.54, 1.807) is 41.8 Å². The quantitative estimate of drug-likeness (QED) is 0.271. The van der Waals surface area contributed by atoms with Crippen molar-refractivity contribution < 1.29 is 22.8 Å². The number of fused-ring (bicyclic) bond motifs is 1. The van der Waals surface area contributed by atoms with Crippen LogP contribution in [-0.4, -0.2) is 50.6 Å². The average molecular weight is 638 g/mol. The highest BCUT2D eigenvalue weighted by atomic mass is 35.5. The van der Waals surface area contributed by atoms with E-state index < -0.39 is 40.4 Å². The predicted octanol–water partition coefficient (Wildman–Crippen LogP) is 5.55. The fraction of sp³-hybridized carbons (Fsp3) is 0.424. The highest BCUT2D eigenvalue weighted by Crippen LogP contribution is 2.47. The molecule has 9 nitrogen and oxygen atoms in total. The van der Waals surface area contributed by atoms with Crippen molar-refractivity contribution in [3.63, 3.8) is 0 Å². The first-order valence-corrected chi connectivity index (χ1v) is 15.7. The second kappa shape index (κ2) is 13.1. The summed E-state index contributed by atoms with van der Waals surface area (Å²) in [6, 6.07) is 8.26. The average Bonchev–Trinajstić information content (AvgIpc) is 3.55. The zero-order chi connectivity index (χ0) is 31.6. The maximum atomic E-state index is 14.5. The summed E-state index contributed by atoms with van der Waals surface area (Å²) < 4.78 is 35.5. The van der Waals surface area contributed by atoms with Gasteiger partial charge in [0.2, 0.25) is 5.91 Å². The van der Waals surface area contributed by atoms with Gasteiger partial charge in [-0.25, -0.2) is 13.8 Å². The van der Waals surface area contributed by atoms with Gasteiger partial charge in [0, 0.05) is 43.2 Å². The molecule has 0 unspecified atom stereocenters. The maximum Gasteiger partial charge on any atom is 0.287 e. The van der Waals surface area contributed by atoms with Gasteiger partial charge < -0.3 is 14.6 Å². The van der Waals surface area contributed by atoms with Crippen LogP contribution in [0.3, 0.4) is 0 Å². The van der Waals surface area contributed by atoms with Crippen molar-refractivity contribution in [2.24, 2.45) is 11.3 Å². The van der Waals surface area contributed by atoms with Crippen LogP contribution in [0.2, 0.25) is 5.02 Å². The van der Waals surface area contributed by atoms with E-state index in [1.807, 2.05) is 4.68 Å². The topological polar surface area (TPSA) is 110 Å². The van der Waals surface area contributed by atoms with Crippen molar-refractivity contribution in [3.8, 4) is 0 Å². The number of rotatable bonds is 8. The van der Waals surface area contributed by atoms with E-state index >= 15 is 0 Å². The first-order chi connectivity index (χ1) is 21.7. The Morgan fingerprint density at radius 1 is 1.07 bits per heavy atom. The SMILES string of the molecule is O=C(N[C@H](Cc1ccc(Cl)cc1)C(=O)N1CCC(Cn2cncn2)(C2CCCCC2)CC1)c1cc(=O)c2cc(F)cc(F)c2o1. The van der Waals surface area contributed by atoms with Crippen LogP contribution in [0.15, 0.2) is 64.3 Å². The van der Waals surface area contributed by atoms with E-state index in [0.29, 0.717) is 30.1 Å². The lowest BCUT2D eigenvalue weighted by Crippen LogP contribution is -2.54. The second-order valence-corrected chi connectivity index (χ2v) is 12.6. The fourth-order valence-corrected chi connectivity index (χ4v) is 7.15. The number of amides is 2. The smallest absolute Gasteiger partial charge is 0.287 e. The van der Waals surface area contributed by atoms with Crippen molar-refractivity contribution in [2.75, 3.05) is 13.1 Å². The zero-order valence-electron chi connectivity index (χ0n) is 24.7. The zero-order valence-corrected chi connectivity index (χ0v) is 25.4. The molecule has 2 fully saturated rings. The minimum atomic E-state index is -1.11. The number of piperidine rings is 1. The predicted molar refractivity (Wildman–Crippen MR) is 164 cm³/mol. The van der Waals surface area contributed by atoms with Gasteiger partial charge in [-0.2, -0.15) is 5.10 Å². The van der Waals surface area contributed by atoms with Gasteiger partial charge in [0.1, 0.15) is 24.5 Å². The van der Waals surface area contributed by atoms with E-state index in [0.717, 1.165) is 49.9 Å². The molecule has 1 saturated heterocycles. The normalized spacial score (nSPS) is 17.7. The summed E-state index contributed by atoms with van der Waals surface area (Å²) in [5.41, 5.74) is -0.558. The first kappa shape index (κ1) is 30.9. The Balaban J connectivity index is 1.24. The molecule has 6 rings (SSSR count). The minimum absolute atomic E-state index is 0.0160. The fourth-order valence-electron chi connectivity index (χ4n) is 7.02. The number of benzene rings is 2. The number of nitrogens with zero attached hydrogens (tertiary/aromatic N) is 4. The first-order valence-electron chi connectivity index (χ1n) is 15.3. The highest BCUT2D eigenvalue weighted by Gasteiger charge is 2.44. The number of carbonyl (C=O) groups is 2. The van der Waals surface area contributed by atoms with E-state index in [1.165, 1.54) is 19.3 Å². The van der Waals surface area contributed by atoms with Gasteiger partial charge in [-0.05, 0) is 60.8 Å². The van der Waals surface area contributed by atoms with E-state index in [4.69, 9.17) is 16.0 Å². The van der Waals surface area contributed by atoms with Gasteiger partial charge in [-0.3, -0.25) is 19.1 Å². The number of carbonyl (C=O) groups excluding carboxylic acids is 2. The minimum Gasteiger partial charge on any atom is -0.448 e. The molecule has 3 heterocycles. The van der Waals surface area contributed by atoms with Gasteiger partial charge in [-0.1, -0.05) is 43.0 Å². The van der Waals surface area contributed by atoms with Crippen LogP contribution in [-0.2, 0) is 17.8 Å². The standard InChI is InChI=1S/C33H34ClF2N5O4/c34-23-8-6-21(7-9-23)14-27(39-31(43)29-17-28(42)25-15-24(35)16-26(36)30(25)45-29)32(44)40-12-10-33(11-13-40,18-41-20-37-19-38-41)22-4-2-1-3-5-22/h6-9,15-17,19-20,22,27H,1-5,10-14,18H2,(H,39,43)/t27-/m1/s1. The number of hydrogen-bond donors (Lipinski definition) is 1. The molecule has 1 saturated carbocycles. The molecule has 1 atom stereocenters. The number of nitrogens with one attached hydrogen (secondary N) is 1. The summed E-state index contributed by atoms with van der Waals surface area (Å²) in [6.07, 6.45) is 11.0. The number of hydrogen-bond acceptors (Lipinski definition) is 6. The molecule has 2 aliphatic rings. The Morgan fingerprint density at radius 2 is 1.80 bits per heavy atom. The summed E-state index contributed by atoms with van der Waals surface area (Å²) in [5.74, 6) is -3.12. The van der Waals surface area contributed by atoms with Gasteiger partial charge in [0.15, 0.2) is 22.6 Å². The summed E-state index contributed by atoms with van der Waals surface area (Å²) in [5, 5.41) is 7.31. The monoisotopic (exact) mass is 637 g/mol. The van der Waals surface area contributed by atoms with Crippen LogP contribution < -0.4 is 10.7 Å². The molecular formula is C33H34ClF2N5O4.